The molecule has 2 saturated heterocycles. The number of piperidine rings is 1. The van der Waals surface area contributed by atoms with Crippen LogP contribution in [-0.4, -0.2) is 35.8 Å². The van der Waals surface area contributed by atoms with Gasteiger partial charge in [0, 0.05) is 18.4 Å². The summed E-state index contributed by atoms with van der Waals surface area (Å²) < 4.78 is 0. The maximum absolute atomic E-state index is 12.1. The van der Waals surface area contributed by atoms with Crippen molar-refractivity contribution < 1.29 is 9.59 Å². The Morgan fingerprint density at radius 1 is 1.32 bits per heavy atom. The summed E-state index contributed by atoms with van der Waals surface area (Å²) in [7, 11) is 0. The van der Waals surface area contributed by atoms with E-state index in [1.54, 1.807) is 0 Å². The van der Waals surface area contributed by atoms with E-state index in [9.17, 15) is 9.59 Å². The van der Waals surface area contributed by atoms with Crippen LogP contribution in [0.1, 0.15) is 52.9 Å². The molecule has 108 valence electrons. The molecule has 0 radical (unpaired) electrons. The maximum Gasteiger partial charge on any atom is 0.230 e. The quantitative estimate of drug-likeness (QED) is 0.777. The highest BCUT2D eigenvalue weighted by Gasteiger charge is 2.47. The molecule has 0 aromatic rings. The number of hydrogen-bond donors (Lipinski definition) is 1. The molecule has 1 spiro atoms. The molecule has 2 aliphatic rings. The van der Waals surface area contributed by atoms with Gasteiger partial charge >= 0.3 is 0 Å². The highest BCUT2D eigenvalue weighted by Crippen LogP contribution is 2.45. The summed E-state index contributed by atoms with van der Waals surface area (Å²) >= 11 is 0. The summed E-state index contributed by atoms with van der Waals surface area (Å²) in [6.45, 7) is 8.59. The Morgan fingerprint density at radius 3 is 2.68 bits per heavy atom. The van der Waals surface area contributed by atoms with Crippen LogP contribution < -0.4 is 5.32 Å². The van der Waals surface area contributed by atoms with E-state index in [1.165, 1.54) is 0 Å². The van der Waals surface area contributed by atoms with Gasteiger partial charge in [-0.1, -0.05) is 6.92 Å². The normalized spacial score (nSPS) is 33.6. The minimum absolute atomic E-state index is 0.0114. The molecular formula is C15H26N2O2. The molecule has 4 nitrogen and oxygen atoms in total. The molecule has 0 saturated carbocycles. The van der Waals surface area contributed by atoms with Crippen molar-refractivity contribution in [3.05, 3.63) is 0 Å². The summed E-state index contributed by atoms with van der Waals surface area (Å²) in [4.78, 5) is 26.4. The highest BCUT2D eigenvalue weighted by molar-refractivity contribution is 5.99. The molecule has 2 aliphatic heterocycles. The first-order chi connectivity index (χ1) is 8.98. The Morgan fingerprint density at radius 2 is 2.05 bits per heavy atom. The van der Waals surface area contributed by atoms with E-state index in [0.29, 0.717) is 12.5 Å². The fourth-order valence-corrected chi connectivity index (χ4v) is 3.89. The molecule has 4 heteroatoms. The first-order valence-electron chi connectivity index (χ1n) is 7.56. The molecule has 2 amide bonds. The van der Waals surface area contributed by atoms with Crippen LogP contribution in [0.2, 0.25) is 0 Å². The summed E-state index contributed by atoms with van der Waals surface area (Å²) in [5, 5.41) is 2.51. The van der Waals surface area contributed by atoms with Crippen molar-refractivity contribution in [1.29, 1.82) is 0 Å². The van der Waals surface area contributed by atoms with Crippen LogP contribution in [0.4, 0.5) is 0 Å². The highest BCUT2D eigenvalue weighted by atomic mass is 16.2. The molecule has 2 rings (SSSR count). The number of nitrogens with one attached hydrogen (secondary N) is 1. The van der Waals surface area contributed by atoms with E-state index in [4.69, 9.17) is 0 Å². The van der Waals surface area contributed by atoms with Crippen LogP contribution in [0.25, 0.3) is 0 Å². The number of rotatable bonds is 2. The van der Waals surface area contributed by atoms with E-state index in [1.807, 2.05) is 0 Å². The van der Waals surface area contributed by atoms with Gasteiger partial charge in [0.05, 0.1) is 0 Å². The number of carbonyl (C=O) groups is 2. The van der Waals surface area contributed by atoms with Crippen LogP contribution >= 0.6 is 0 Å². The third-order valence-electron chi connectivity index (χ3n) is 4.99. The predicted octanol–water partition coefficient (Wildman–Crippen LogP) is 1.94. The molecule has 1 N–H and O–H groups in total. The van der Waals surface area contributed by atoms with Crippen molar-refractivity contribution in [2.75, 3.05) is 13.1 Å². The van der Waals surface area contributed by atoms with Gasteiger partial charge in [0.15, 0.2) is 0 Å². The summed E-state index contributed by atoms with van der Waals surface area (Å²) in [6.07, 6.45) is 4.44. The Labute approximate surface area is 115 Å². The zero-order valence-electron chi connectivity index (χ0n) is 12.4. The lowest BCUT2D eigenvalue weighted by Gasteiger charge is -2.42. The van der Waals surface area contributed by atoms with Crippen molar-refractivity contribution in [2.24, 2.45) is 11.3 Å². The lowest BCUT2D eigenvalue weighted by molar-refractivity contribution is -0.144. The number of carbonyl (C=O) groups excluding carboxylic acids is 2. The first-order valence-corrected chi connectivity index (χ1v) is 7.56. The average Bonchev–Trinajstić information content (AvgIpc) is 2.52. The van der Waals surface area contributed by atoms with Gasteiger partial charge in [-0.25, -0.2) is 0 Å². The minimum atomic E-state index is -0.0855. The second kappa shape index (κ2) is 5.61. The minimum Gasteiger partial charge on any atom is -0.301 e. The van der Waals surface area contributed by atoms with Crippen molar-refractivity contribution in [3.63, 3.8) is 0 Å². The Balaban J connectivity index is 2.19. The second-order valence-electron chi connectivity index (χ2n) is 6.40. The largest absolute Gasteiger partial charge is 0.301 e. The van der Waals surface area contributed by atoms with Crippen molar-refractivity contribution in [2.45, 2.75) is 58.9 Å². The predicted molar refractivity (Wildman–Crippen MR) is 74.5 cm³/mol. The topological polar surface area (TPSA) is 49.4 Å². The zero-order valence-corrected chi connectivity index (χ0v) is 12.4. The molecule has 0 aromatic heterocycles. The van der Waals surface area contributed by atoms with Gasteiger partial charge in [-0.3, -0.25) is 14.9 Å². The van der Waals surface area contributed by atoms with Crippen molar-refractivity contribution in [1.82, 2.24) is 10.2 Å². The van der Waals surface area contributed by atoms with E-state index < -0.39 is 0 Å². The number of likely N-dealkylation sites (tertiary alicyclic amines) is 1. The second-order valence-corrected chi connectivity index (χ2v) is 6.40. The molecule has 2 heterocycles. The molecule has 2 fully saturated rings. The lowest BCUT2D eigenvalue weighted by atomic mass is 9.64. The van der Waals surface area contributed by atoms with Gasteiger partial charge in [-0.15, -0.1) is 0 Å². The van der Waals surface area contributed by atoms with Crippen molar-refractivity contribution >= 4 is 11.8 Å². The van der Waals surface area contributed by atoms with Gasteiger partial charge in [0.25, 0.3) is 0 Å². The maximum atomic E-state index is 12.1. The van der Waals surface area contributed by atoms with Crippen LogP contribution in [0.15, 0.2) is 0 Å². The fraction of sp³-hybridized carbons (Fsp3) is 0.867. The third-order valence-corrected chi connectivity index (χ3v) is 4.99. The van der Waals surface area contributed by atoms with Crippen LogP contribution in [-0.2, 0) is 9.59 Å². The Kier molecular flexibility index (Phi) is 4.29. The van der Waals surface area contributed by atoms with E-state index in [2.05, 4.69) is 31.0 Å². The van der Waals surface area contributed by atoms with E-state index >= 15 is 0 Å². The Bertz CT molecular complexity index is 367. The van der Waals surface area contributed by atoms with Gasteiger partial charge in [-0.05, 0) is 58.0 Å². The zero-order chi connectivity index (χ0) is 14.0. The molecular weight excluding hydrogens is 240 g/mol. The van der Waals surface area contributed by atoms with Gasteiger partial charge in [-0.2, -0.15) is 0 Å². The molecule has 19 heavy (non-hydrogen) atoms. The molecule has 0 aromatic carbocycles. The SMILES string of the molecule is CCC1C(=O)NC(=O)CC12CCCN(C(C)C)CC2. The number of hydrogen-bond acceptors (Lipinski definition) is 3. The molecule has 0 aliphatic carbocycles. The number of amides is 2. The fourth-order valence-electron chi connectivity index (χ4n) is 3.89. The monoisotopic (exact) mass is 266 g/mol. The van der Waals surface area contributed by atoms with E-state index in [-0.39, 0.29) is 23.1 Å². The Hall–Kier alpha value is -0.900. The number of nitrogens with zero attached hydrogens (tertiary/aromatic N) is 1. The third kappa shape index (κ3) is 2.83. The summed E-state index contributed by atoms with van der Waals surface area (Å²) in [5.41, 5.74) is -0.0855. The summed E-state index contributed by atoms with van der Waals surface area (Å²) in [6, 6.07) is 0.545. The van der Waals surface area contributed by atoms with Gasteiger partial charge in [0.2, 0.25) is 11.8 Å². The van der Waals surface area contributed by atoms with Crippen LogP contribution in [0, 0.1) is 11.3 Å². The van der Waals surface area contributed by atoms with Gasteiger partial charge in [0.1, 0.15) is 0 Å². The van der Waals surface area contributed by atoms with Gasteiger partial charge < -0.3 is 4.90 Å². The molecule has 2 atom stereocenters. The number of imide groups is 1. The average molecular weight is 266 g/mol. The first kappa shape index (κ1) is 14.5. The van der Waals surface area contributed by atoms with E-state index in [0.717, 1.165) is 38.8 Å². The van der Waals surface area contributed by atoms with Crippen LogP contribution in [0.3, 0.4) is 0 Å². The lowest BCUT2D eigenvalue weighted by Crippen LogP contribution is -2.52. The molecule has 0 bridgehead atoms. The van der Waals surface area contributed by atoms with Crippen LogP contribution in [0.5, 0.6) is 0 Å². The standard InChI is InChI=1S/C15H26N2O2/c1-4-12-14(19)16-13(18)10-15(12)6-5-8-17(9-7-15)11(2)3/h11-12H,4-10H2,1-3H3,(H,16,18,19). The molecule has 2 unspecified atom stereocenters. The smallest absolute Gasteiger partial charge is 0.230 e. The summed E-state index contributed by atoms with van der Waals surface area (Å²) in [5.74, 6) is -0.109. The van der Waals surface area contributed by atoms with Crippen molar-refractivity contribution in [3.8, 4) is 0 Å².